The summed E-state index contributed by atoms with van der Waals surface area (Å²) in [7, 11) is 3.18. The minimum Gasteiger partial charge on any atom is -0.497 e. The van der Waals surface area contributed by atoms with Gasteiger partial charge in [-0.25, -0.2) is 13.2 Å². The molecule has 1 aliphatic rings. The predicted octanol–water partition coefficient (Wildman–Crippen LogP) is 4.92. The Labute approximate surface area is 173 Å². The number of nitrogens with zero attached hydrogens (tertiary/aromatic N) is 2. The van der Waals surface area contributed by atoms with E-state index in [9.17, 15) is 13.2 Å². The summed E-state index contributed by atoms with van der Waals surface area (Å²) in [6.07, 6.45) is 2.76. The molecule has 4 nitrogen and oxygen atoms in total. The smallest absolute Gasteiger partial charge is 0.161 e. The second-order valence-corrected chi connectivity index (χ2v) is 7.32. The highest BCUT2D eigenvalue weighted by atomic mass is 19.2. The number of benzene rings is 2. The van der Waals surface area contributed by atoms with Crippen molar-refractivity contribution in [3.05, 3.63) is 82.9 Å². The molecule has 4 rings (SSSR count). The Hall–Kier alpha value is -2.93. The van der Waals surface area contributed by atoms with Gasteiger partial charge >= 0.3 is 0 Å². The van der Waals surface area contributed by atoms with Crippen LogP contribution in [0.2, 0.25) is 0 Å². The van der Waals surface area contributed by atoms with E-state index in [0.29, 0.717) is 30.7 Å². The molecule has 2 heterocycles. The number of methoxy groups -OCH3 is 2. The number of rotatable bonds is 5. The highest BCUT2D eigenvalue weighted by Gasteiger charge is 2.31. The lowest BCUT2D eigenvalue weighted by molar-refractivity contribution is 0.212. The lowest BCUT2D eigenvalue weighted by Gasteiger charge is -2.31. The fourth-order valence-corrected chi connectivity index (χ4v) is 4.14. The molecule has 0 saturated heterocycles. The monoisotopic (exact) mass is 416 g/mol. The van der Waals surface area contributed by atoms with Gasteiger partial charge in [0.2, 0.25) is 0 Å². The Morgan fingerprint density at radius 2 is 1.73 bits per heavy atom. The van der Waals surface area contributed by atoms with Crippen molar-refractivity contribution < 1.29 is 22.6 Å². The SMILES string of the molecule is COc1ccc(OC)c(CN2CCCn3cccc3C2c2cc(F)c(F)cc2F)c1. The van der Waals surface area contributed by atoms with Gasteiger partial charge in [-0.05, 0) is 42.8 Å². The summed E-state index contributed by atoms with van der Waals surface area (Å²) >= 11 is 0. The highest BCUT2D eigenvalue weighted by molar-refractivity contribution is 5.41. The summed E-state index contributed by atoms with van der Waals surface area (Å²) in [5, 5.41) is 0. The van der Waals surface area contributed by atoms with Crippen LogP contribution in [-0.4, -0.2) is 30.2 Å². The zero-order valence-electron chi connectivity index (χ0n) is 16.9. The molecule has 7 heteroatoms. The third-order valence-electron chi connectivity index (χ3n) is 5.55. The Bertz CT molecular complexity index is 1050. The van der Waals surface area contributed by atoms with Gasteiger partial charge in [0, 0.05) is 48.7 Å². The van der Waals surface area contributed by atoms with Crippen LogP contribution in [0.15, 0.2) is 48.7 Å². The summed E-state index contributed by atoms with van der Waals surface area (Å²) in [5.41, 5.74) is 1.81. The Morgan fingerprint density at radius 3 is 2.50 bits per heavy atom. The molecule has 3 aromatic rings. The summed E-state index contributed by atoms with van der Waals surface area (Å²) in [5.74, 6) is -1.66. The van der Waals surface area contributed by atoms with E-state index >= 15 is 0 Å². The second kappa shape index (κ2) is 8.44. The number of aromatic nitrogens is 1. The fourth-order valence-electron chi connectivity index (χ4n) is 4.14. The van der Waals surface area contributed by atoms with Crippen molar-refractivity contribution in [1.29, 1.82) is 0 Å². The molecular formula is C23H23F3N2O2. The van der Waals surface area contributed by atoms with Crippen molar-refractivity contribution in [2.75, 3.05) is 20.8 Å². The van der Waals surface area contributed by atoms with Crippen LogP contribution in [0.3, 0.4) is 0 Å². The number of ether oxygens (including phenoxy) is 2. The molecule has 1 unspecified atom stereocenters. The molecule has 1 atom stereocenters. The van der Waals surface area contributed by atoms with Crippen LogP contribution in [0, 0.1) is 17.5 Å². The molecule has 0 fully saturated rings. The maximum absolute atomic E-state index is 14.8. The largest absolute Gasteiger partial charge is 0.497 e. The van der Waals surface area contributed by atoms with Crippen molar-refractivity contribution in [2.45, 2.75) is 25.6 Å². The van der Waals surface area contributed by atoms with Gasteiger partial charge < -0.3 is 14.0 Å². The third kappa shape index (κ3) is 3.77. The number of aryl methyl sites for hydroxylation is 1. The standard InChI is InChI=1S/C23H23F3N2O2/c1-29-16-6-7-22(30-2)15(11-16)14-28-10-4-9-27-8-3-5-21(27)23(28)17-12-19(25)20(26)13-18(17)24/h3,5-8,11-13,23H,4,9-10,14H2,1-2H3. The van der Waals surface area contributed by atoms with Crippen molar-refractivity contribution in [3.63, 3.8) is 0 Å². The fraction of sp³-hybridized carbons (Fsp3) is 0.304. The molecule has 0 bridgehead atoms. The van der Waals surface area contributed by atoms with Crippen LogP contribution in [0.5, 0.6) is 11.5 Å². The lowest BCUT2D eigenvalue weighted by Crippen LogP contribution is -2.30. The molecule has 0 aliphatic carbocycles. The normalized spacial score (nSPS) is 16.8. The average molecular weight is 416 g/mol. The van der Waals surface area contributed by atoms with Gasteiger partial charge in [-0.1, -0.05) is 0 Å². The second-order valence-electron chi connectivity index (χ2n) is 7.32. The molecule has 1 aliphatic heterocycles. The van der Waals surface area contributed by atoms with Crippen LogP contribution in [0.1, 0.15) is 29.3 Å². The summed E-state index contributed by atoms with van der Waals surface area (Å²) in [6.45, 7) is 1.83. The number of fused-ring (bicyclic) bond motifs is 1. The van der Waals surface area contributed by atoms with Crippen LogP contribution >= 0.6 is 0 Å². The first-order valence-corrected chi connectivity index (χ1v) is 9.76. The van der Waals surface area contributed by atoms with E-state index in [1.54, 1.807) is 14.2 Å². The van der Waals surface area contributed by atoms with Crippen LogP contribution in [0.4, 0.5) is 13.2 Å². The summed E-state index contributed by atoms with van der Waals surface area (Å²) < 4.78 is 55.4. The van der Waals surface area contributed by atoms with Crippen molar-refractivity contribution in [3.8, 4) is 11.5 Å². The van der Waals surface area contributed by atoms with Gasteiger partial charge in [0.1, 0.15) is 17.3 Å². The van der Waals surface area contributed by atoms with Gasteiger partial charge in [-0.3, -0.25) is 4.90 Å². The Kier molecular flexibility index (Phi) is 5.72. The van der Waals surface area contributed by atoms with E-state index in [2.05, 4.69) is 4.90 Å². The highest BCUT2D eigenvalue weighted by Crippen LogP contribution is 2.36. The number of hydrogen-bond acceptors (Lipinski definition) is 3. The molecule has 0 N–H and O–H groups in total. The van der Waals surface area contributed by atoms with Crippen LogP contribution in [0.25, 0.3) is 0 Å². The molecule has 158 valence electrons. The average Bonchev–Trinajstić information content (AvgIpc) is 3.13. The molecule has 0 amide bonds. The van der Waals surface area contributed by atoms with Gasteiger partial charge in [0.05, 0.1) is 20.3 Å². The molecule has 2 aromatic carbocycles. The number of halogens is 3. The summed E-state index contributed by atoms with van der Waals surface area (Å²) in [4.78, 5) is 2.06. The molecule has 1 aromatic heterocycles. The van der Waals surface area contributed by atoms with E-state index in [4.69, 9.17) is 9.47 Å². The molecule has 30 heavy (non-hydrogen) atoms. The molecule has 0 saturated carbocycles. The Balaban J connectivity index is 1.81. The van der Waals surface area contributed by atoms with E-state index in [0.717, 1.165) is 30.3 Å². The zero-order valence-corrected chi connectivity index (χ0v) is 16.9. The summed E-state index contributed by atoms with van der Waals surface area (Å²) in [6, 6.07) is 10.3. The van der Waals surface area contributed by atoms with Gasteiger partial charge in [-0.2, -0.15) is 0 Å². The maximum atomic E-state index is 14.8. The zero-order chi connectivity index (χ0) is 21.3. The van der Waals surface area contributed by atoms with Crippen LogP contribution in [-0.2, 0) is 13.1 Å². The first-order valence-electron chi connectivity index (χ1n) is 9.76. The van der Waals surface area contributed by atoms with Crippen molar-refractivity contribution >= 4 is 0 Å². The molecular weight excluding hydrogens is 393 g/mol. The maximum Gasteiger partial charge on any atom is 0.161 e. The topological polar surface area (TPSA) is 26.6 Å². The first kappa shape index (κ1) is 20.3. The lowest BCUT2D eigenvalue weighted by atomic mass is 9.99. The van der Waals surface area contributed by atoms with E-state index in [-0.39, 0.29) is 5.56 Å². The quantitative estimate of drug-likeness (QED) is 0.553. The third-order valence-corrected chi connectivity index (χ3v) is 5.55. The van der Waals surface area contributed by atoms with Gasteiger partial charge in [0.25, 0.3) is 0 Å². The molecule has 0 spiro atoms. The van der Waals surface area contributed by atoms with E-state index < -0.39 is 23.5 Å². The van der Waals surface area contributed by atoms with Gasteiger partial charge in [-0.15, -0.1) is 0 Å². The van der Waals surface area contributed by atoms with E-state index in [1.165, 1.54) is 0 Å². The van der Waals surface area contributed by atoms with Gasteiger partial charge in [0.15, 0.2) is 11.6 Å². The Morgan fingerprint density at radius 1 is 0.933 bits per heavy atom. The first-order chi connectivity index (χ1) is 14.5. The minimum absolute atomic E-state index is 0.109. The molecule has 0 radical (unpaired) electrons. The van der Waals surface area contributed by atoms with Crippen molar-refractivity contribution in [2.24, 2.45) is 0 Å². The van der Waals surface area contributed by atoms with Crippen molar-refractivity contribution in [1.82, 2.24) is 9.47 Å². The minimum atomic E-state index is -1.19. The van der Waals surface area contributed by atoms with E-state index in [1.807, 2.05) is 41.1 Å². The number of hydrogen-bond donors (Lipinski definition) is 0. The predicted molar refractivity (Wildman–Crippen MR) is 107 cm³/mol. The van der Waals surface area contributed by atoms with Crippen LogP contribution < -0.4 is 9.47 Å².